The number of amides is 2. The Balaban J connectivity index is 1.58. The van der Waals surface area contributed by atoms with Gasteiger partial charge in [-0.1, -0.05) is 34.1 Å². The van der Waals surface area contributed by atoms with Crippen molar-refractivity contribution in [3.63, 3.8) is 0 Å². The van der Waals surface area contributed by atoms with Crippen molar-refractivity contribution in [2.24, 2.45) is 0 Å². The molecule has 1 heterocycles. The Morgan fingerprint density at radius 1 is 1.04 bits per heavy atom. The van der Waals surface area contributed by atoms with Crippen molar-refractivity contribution in [3.8, 4) is 0 Å². The minimum Gasteiger partial charge on any atom is -0.368 e. The topological polar surface area (TPSA) is 35.6 Å². The molecule has 3 rings (SSSR count). The maximum absolute atomic E-state index is 12.4. The lowest BCUT2D eigenvalue weighted by atomic mass is 10.2. The lowest BCUT2D eigenvalue weighted by molar-refractivity contribution is 0.208. The highest BCUT2D eigenvalue weighted by molar-refractivity contribution is 9.10. The monoisotopic (exact) mass is 387 g/mol. The number of hydrogen-bond donors (Lipinski definition) is 1. The molecule has 0 atom stereocenters. The zero-order valence-electron chi connectivity index (χ0n) is 14.1. The van der Waals surface area contributed by atoms with E-state index in [1.807, 2.05) is 30.0 Å². The van der Waals surface area contributed by atoms with Crippen molar-refractivity contribution in [2.45, 2.75) is 13.8 Å². The largest absolute Gasteiger partial charge is 0.368 e. The van der Waals surface area contributed by atoms with Gasteiger partial charge in [0, 0.05) is 42.0 Å². The summed E-state index contributed by atoms with van der Waals surface area (Å²) in [6.45, 7) is 7.30. The van der Waals surface area contributed by atoms with E-state index in [9.17, 15) is 4.79 Å². The van der Waals surface area contributed by atoms with Crippen molar-refractivity contribution < 1.29 is 4.79 Å². The number of aryl methyl sites for hydroxylation is 2. The highest BCUT2D eigenvalue weighted by atomic mass is 79.9. The van der Waals surface area contributed by atoms with Crippen LogP contribution in [0, 0.1) is 13.8 Å². The van der Waals surface area contributed by atoms with Crippen LogP contribution in [0.2, 0.25) is 0 Å². The molecule has 1 N–H and O–H groups in total. The molecule has 2 amide bonds. The average Bonchev–Trinajstić information content (AvgIpc) is 2.58. The Morgan fingerprint density at radius 3 is 2.46 bits per heavy atom. The Labute approximate surface area is 151 Å². The first-order valence-corrected chi connectivity index (χ1v) is 8.96. The van der Waals surface area contributed by atoms with E-state index < -0.39 is 0 Å². The summed E-state index contributed by atoms with van der Waals surface area (Å²) >= 11 is 3.50. The van der Waals surface area contributed by atoms with Crippen molar-refractivity contribution in [1.82, 2.24) is 4.90 Å². The highest BCUT2D eigenvalue weighted by Gasteiger charge is 2.21. The van der Waals surface area contributed by atoms with Gasteiger partial charge in [0.25, 0.3) is 0 Å². The van der Waals surface area contributed by atoms with Crippen LogP contribution in [0.1, 0.15) is 11.1 Å². The number of urea groups is 1. The van der Waals surface area contributed by atoms with Crippen molar-refractivity contribution in [2.75, 3.05) is 36.4 Å². The molecule has 0 radical (unpaired) electrons. The van der Waals surface area contributed by atoms with Gasteiger partial charge in [0.05, 0.1) is 0 Å². The molecule has 0 aromatic heterocycles. The minimum absolute atomic E-state index is 0.0327. The fourth-order valence-electron chi connectivity index (χ4n) is 2.87. The molecule has 5 heteroatoms. The number of piperazine rings is 1. The third kappa shape index (κ3) is 3.90. The van der Waals surface area contributed by atoms with E-state index in [1.54, 1.807) is 0 Å². The van der Waals surface area contributed by atoms with Gasteiger partial charge >= 0.3 is 6.03 Å². The third-order valence-corrected chi connectivity index (χ3v) is 5.21. The molecule has 1 saturated heterocycles. The summed E-state index contributed by atoms with van der Waals surface area (Å²) in [6, 6.07) is 14.3. The quantitative estimate of drug-likeness (QED) is 0.827. The lowest BCUT2D eigenvalue weighted by Crippen LogP contribution is -2.50. The number of hydrogen-bond acceptors (Lipinski definition) is 2. The van der Waals surface area contributed by atoms with Crippen LogP contribution in [0.25, 0.3) is 0 Å². The molecule has 4 nitrogen and oxygen atoms in total. The SMILES string of the molecule is Cc1cccc(N2CCN(C(=O)Nc3ccc(C)c(Br)c3)CC2)c1. The zero-order chi connectivity index (χ0) is 17.1. The number of nitrogens with one attached hydrogen (secondary N) is 1. The van der Waals surface area contributed by atoms with E-state index >= 15 is 0 Å². The Bertz CT molecular complexity index is 739. The maximum atomic E-state index is 12.4. The maximum Gasteiger partial charge on any atom is 0.321 e. The zero-order valence-corrected chi connectivity index (χ0v) is 15.6. The van der Waals surface area contributed by atoms with E-state index in [0.717, 1.165) is 41.9 Å². The number of anilines is 2. The summed E-state index contributed by atoms with van der Waals surface area (Å²) in [7, 11) is 0. The summed E-state index contributed by atoms with van der Waals surface area (Å²) < 4.78 is 1.00. The van der Waals surface area contributed by atoms with Gasteiger partial charge in [-0.2, -0.15) is 0 Å². The summed E-state index contributed by atoms with van der Waals surface area (Å²) in [5.41, 5.74) is 4.47. The van der Waals surface area contributed by atoms with E-state index in [4.69, 9.17) is 0 Å². The van der Waals surface area contributed by atoms with Crippen LogP contribution in [0.5, 0.6) is 0 Å². The second kappa shape index (κ2) is 7.26. The molecule has 2 aromatic rings. The first-order valence-electron chi connectivity index (χ1n) is 8.16. The number of rotatable bonds is 2. The summed E-state index contributed by atoms with van der Waals surface area (Å²) in [5, 5.41) is 2.98. The molecular formula is C19H22BrN3O. The first kappa shape index (κ1) is 16.8. The van der Waals surface area contributed by atoms with Gasteiger partial charge in [-0.25, -0.2) is 4.79 Å². The van der Waals surface area contributed by atoms with Crippen molar-refractivity contribution in [1.29, 1.82) is 0 Å². The number of benzene rings is 2. The third-order valence-electron chi connectivity index (χ3n) is 4.36. The molecule has 0 aliphatic carbocycles. The highest BCUT2D eigenvalue weighted by Crippen LogP contribution is 2.22. The van der Waals surface area contributed by atoms with Crippen LogP contribution in [-0.4, -0.2) is 37.1 Å². The fourth-order valence-corrected chi connectivity index (χ4v) is 3.24. The number of carbonyl (C=O) groups is 1. The molecule has 1 fully saturated rings. The predicted molar refractivity (Wildman–Crippen MR) is 103 cm³/mol. The van der Waals surface area contributed by atoms with Gasteiger partial charge < -0.3 is 15.1 Å². The van der Waals surface area contributed by atoms with Gasteiger partial charge in [-0.05, 0) is 49.2 Å². The predicted octanol–water partition coefficient (Wildman–Crippen LogP) is 4.42. The van der Waals surface area contributed by atoms with E-state index in [0.29, 0.717) is 0 Å². The molecule has 0 spiro atoms. The standard InChI is InChI=1S/C19H22BrN3O/c1-14-4-3-5-17(12-14)22-8-10-23(11-9-22)19(24)21-16-7-6-15(2)18(20)13-16/h3-7,12-13H,8-11H2,1-2H3,(H,21,24). The Morgan fingerprint density at radius 2 is 1.79 bits per heavy atom. The fraction of sp³-hybridized carbons (Fsp3) is 0.316. The van der Waals surface area contributed by atoms with Crippen molar-refractivity contribution in [3.05, 3.63) is 58.1 Å². The van der Waals surface area contributed by atoms with Crippen LogP contribution in [-0.2, 0) is 0 Å². The molecule has 1 aliphatic rings. The molecule has 126 valence electrons. The van der Waals surface area contributed by atoms with Crippen LogP contribution >= 0.6 is 15.9 Å². The van der Waals surface area contributed by atoms with Gasteiger partial charge in [0.2, 0.25) is 0 Å². The summed E-state index contributed by atoms with van der Waals surface area (Å²) in [6.07, 6.45) is 0. The van der Waals surface area contributed by atoms with E-state index in [1.165, 1.54) is 11.3 Å². The first-order chi connectivity index (χ1) is 11.5. The second-order valence-corrected chi connectivity index (χ2v) is 7.06. The number of carbonyl (C=O) groups excluding carboxylic acids is 1. The van der Waals surface area contributed by atoms with Gasteiger partial charge in [-0.3, -0.25) is 0 Å². The van der Waals surface area contributed by atoms with E-state index in [2.05, 4.69) is 57.3 Å². The lowest BCUT2D eigenvalue weighted by Gasteiger charge is -2.36. The minimum atomic E-state index is -0.0327. The summed E-state index contributed by atoms with van der Waals surface area (Å²) in [5.74, 6) is 0. The van der Waals surface area contributed by atoms with E-state index in [-0.39, 0.29) is 6.03 Å². The summed E-state index contributed by atoms with van der Waals surface area (Å²) in [4.78, 5) is 16.6. The molecule has 0 saturated carbocycles. The van der Waals surface area contributed by atoms with Gasteiger partial charge in [-0.15, -0.1) is 0 Å². The second-order valence-electron chi connectivity index (χ2n) is 6.21. The average molecular weight is 388 g/mol. The van der Waals surface area contributed by atoms with Gasteiger partial charge in [0.1, 0.15) is 0 Å². The Hall–Kier alpha value is -2.01. The van der Waals surface area contributed by atoms with Crippen LogP contribution in [0.4, 0.5) is 16.2 Å². The molecule has 24 heavy (non-hydrogen) atoms. The van der Waals surface area contributed by atoms with Crippen LogP contribution < -0.4 is 10.2 Å². The normalized spacial score (nSPS) is 14.6. The Kier molecular flexibility index (Phi) is 5.09. The smallest absolute Gasteiger partial charge is 0.321 e. The van der Waals surface area contributed by atoms with Crippen molar-refractivity contribution >= 4 is 33.3 Å². The molecule has 1 aliphatic heterocycles. The number of nitrogens with zero attached hydrogens (tertiary/aromatic N) is 2. The molecule has 2 aromatic carbocycles. The van der Waals surface area contributed by atoms with Crippen LogP contribution in [0.3, 0.4) is 0 Å². The molecular weight excluding hydrogens is 366 g/mol. The van der Waals surface area contributed by atoms with Crippen LogP contribution in [0.15, 0.2) is 46.9 Å². The number of halogens is 1. The molecule has 0 unspecified atom stereocenters. The molecule has 0 bridgehead atoms. The van der Waals surface area contributed by atoms with Gasteiger partial charge in [0.15, 0.2) is 0 Å².